The topological polar surface area (TPSA) is 40.5 Å². The number of piperidine rings is 1. The third-order valence-electron chi connectivity index (χ3n) is 4.25. The van der Waals surface area contributed by atoms with Crippen LogP contribution in [-0.2, 0) is 4.79 Å². The molecule has 1 aliphatic heterocycles. The van der Waals surface area contributed by atoms with E-state index < -0.39 is 5.97 Å². The van der Waals surface area contributed by atoms with Crippen LogP contribution in [0.5, 0.6) is 0 Å². The van der Waals surface area contributed by atoms with Crippen LogP contribution in [0.3, 0.4) is 0 Å². The summed E-state index contributed by atoms with van der Waals surface area (Å²) in [6.45, 7) is 4.78. The maximum Gasteiger partial charge on any atom is 0.306 e. The van der Waals surface area contributed by atoms with Crippen LogP contribution in [0, 0.1) is 11.8 Å². The van der Waals surface area contributed by atoms with Gasteiger partial charge in [0.1, 0.15) is 0 Å². The second-order valence-electron chi connectivity index (χ2n) is 5.59. The van der Waals surface area contributed by atoms with Crippen molar-refractivity contribution in [2.24, 2.45) is 11.8 Å². The molecule has 2 aliphatic rings. The Morgan fingerprint density at radius 1 is 1.19 bits per heavy atom. The van der Waals surface area contributed by atoms with E-state index in [-0.39, 0.29) is 5.92 Å². The highest BCUT2D eigenvalue weighted by atomic mass is 16.4. The van der Waals surface area contributed by atoms with E-state index in [1.807, 2.05) is 0 Å². The number of carbonyl (C=O) groups is 1. The predicted octanol–water partition coefficient (Wildman–Crippen LogP) is 2.36. The van der Waals surface area contributed by atoms with Crippen LogP contribution in [0.2, 0.25) is 0 Å². The fraction of sp³-hybridized carbons (Fsp3) is 0.923. The second kappa shape index (κ2) is 5.17. The summed E-state index contributed by atoms with van der Waals surface area (Å²) in [6.07, 6.45) is 6.62. The molecule has 2 rings (SSSR count). The Bertz CT molecular complexity index is 246. The number of rotatable bonds is 2. The molecule has 0 aromatic rings. The maximum absolute atomic E-state index is 10.9. The van der Waals surface area contributed by atoms with Crippen LogP contribution in [0.25, 0.3) is 0 Å². The number of carboxylic acids is 1. The van der Waals surface area contributed by atoms with Crippen molar-refractivity contribution in [3.8, 4) is 0 Å². The Kier molecular flexibility index (Phi) is 3.85. The lowest BCUT2D eigenvalue weighted by atomic mass is 9.84. The largest absolute Gasteiger partial charge is 0.481 e. The average molecular weight is 225 g/mol. The second-order valence-corrected chi connectivity index (χ2v) is 5.59. The van der Waals surface area contributed by atoms with Gasteiger partial charge in [-0.1, -0.05) is 6.92 Å². The van der Waals surface area contributed by atoms with E-state index in [1.165, 1.54) is 25.9 Å². The first kappa shape index (κ1) is 11.9. The zero-order chi connectivity index (χ0) is 11.5. The molecular weight excluding hydrogens is 202 g/mol. The van der Waals surface area contributed by atoms with E-state index >= 15 is 0 Å². The summed E-state index contributed by atoms with van der Waals surface area (Å²) >= 11 is 0. The molecule has 92 valence electrons. The molecule has 0 aromatic carbocycles. The highest BCUT2D eigenvalue weighted by Gasteiger charge is 2.30. The van der Waals surface area contributed by atoms with Crippen LogP contribution in [0.4, 0.5) is 0 Å². The third-order valence-corrected chi connectivity index (χ3v) is 4.25. The van der Waals surface area contributed by atoms with Crippen molar-refractivity contribution < 1.29 is 9.90 Å². The highest BCUT2D eigenvalue weighted by Crippen LogP contribution is 2.30. The molecule has 16 heavy (non-hydrogen) atoms. The number of hydrogen-bond donors (Lipinski definition) is 1. The Morgan fingerprint density at radius 3 is 2.44 bits per heavy atom. The van der Waals surface area contributed by atoms with Crippen LogP contribution < -0.4 is 0 Å². The third kappa shape index (κ3) is 2.76. The number of nitrogens with zero attached hydrogens (tertiary/aromatic N) is 1. The van der Waals surface area contributed by atoms with E-state index in [2.05, 4.69) is 11.8 Å². The van der Waals surface area contributed by atoms with Gasteiger partial charge in [0.25, 0.3) is 0 Å². The molecule has 3 nitrogen and oxygen atoms in total. The monoisotopic (exact) mass is 225 g/mol. The Labute approximate surface area is 97.8 Å². The van der Waals surface area contributed by atoms with E-state index in [4.69, 9.17) is 5.11 Å². The van der Waals surface area contributed by atoms with Gasteiger partial charge in [0.15, 0.2) is 0 Å². The van der Waals surface area contributed by atoms with Gasteiger partial charge in [0, 0.05) is 12.6 Å². The van der Waals surface area contributed by atoms with Crippen molar-refractivity contribution in [2.75, 3.05) is 13.1 Å². The van der Waals surface area contributed by atoms with E-state index in [9.17, 15) is 4.79 Å². The quantitative estimate of drug-likeness (QED) is 0.784. The van der Waals surface area contributed by atoms with Gasteiger partial charge in [0.05, 0.1) is 5.92 Å². The normalized spacial score (nSPS) is 37.2. The molecule has 0 bridgehead atoms. The minimum Gasteiger partial charge on any atom is -0.481 e. The van der Waals surface area contributed by atoms with Gasteiger partial charge < -0.3 is 10.0 Å². The lowest BCUT2D eigenvalue weighted by Crippen LogP contribution is -2.44. The zero-order valence-corrected chi connectivity index (χ0v) is 10.2. The maximum atomic E-state index is 10.9. The first-order valence-corrected chi connectivity index (χ1v) is 6.63. The molecule has 1 aliphatic carbocycles. The summed E-state index contributed by atoms with van der Waals surface area (Å²) in [6, 6.07) is 0.665. The number of likely N-dealkylation sites (tertiary alicyclic amines) is 1. The summed E-state index contributed by atoms with van der Waals surface area (Å²) < 4.78 is 0. The van der Waals surface area contributed by atoms with Crippen molar-refractivity contribution in [2.45, 2.75) is 51.5 Å². The first-order valence-electron chi connectivity index (χ1n) is 6.63. The molecular formula is C13H23NO2. The molecule has 1 atom stereocenters. The molecule has 0 spiro atoms. The van der Waals surface area contributed by atoms with Crippen LogP contribution in [0.1, 0.15) is 45.4 Å². The molecule has 1 N–H and O–H groups in total. The highest BCUT2D eigenvalue weighted by molar-refractivity contribution is 5.70. The minimum atomic E-state index is -0.592. The van der Waals surface area contributed by atoms with Crippen molar-refractivity contribution in [3.05, 3.63) is 0 Å². The molecule has 1 heterocycles. The van der Waals surface area contributed by atoms with Crippen LogP contribution >= 0.6 is 0 Å². The molecule has 0 amide bonds. The van der Waals surface area contributed by atoms with Gasteiger partial charge in [-0.3, -0.25) is 4.79 Å². The van der Waals surface area contributed by atoms with Crippen molar-refractivity contribution in [3.63, 3.8) is 0 Å². The van der Waals surface area contributed by atoms with Gasteiger partial charge in [-0.2, -0.15) is 0 Å². The van der Waals surface area contributed by atoms with Gasteiger partial charge in [0.2, 0.25) is 0 Å². The lowest BCUT2D eigenvalue weighted by Gasteiger charge is -2.40. The molecule has 0 aromatic heterocycles. The molecule has 1 saturated heterocycles. The van der Waals surface area contributed by atoms with Gasteiger partial charge >= 0.3 is 5.97 Å². The van der Waals surface area contributed by atoms with E-state index in [0.717, 1.165) is 31.6 Å². The van der Waals surface area contributed by atoms with Crippen molar-refractivity contribution >= 4 is 5.97 Å². The Morgan fingerprint density at radius 2 is 1.88 bits per heavy atom. The summed E-state index contributed by atoms with van der Waals surface area (Å²) in [5, 5.41) is 8.96. The molecule has 0 unspecified atom stereocenters. The average Bonchev–Trinajstić information content (AvgIpc) is 2.29. The predicted molar refractivity (Wildman–Crippen MR) is 63.4 cm³/mol. The first-order chi connectivity index (χ1) is 7.66. The zero-order valence-electron chi connectivity index (χ0n) is 10.2. The van der Waals surface area contributed by atoms with E-state index in [0.29, 0.717) is 6.04 Å². The van der Waals surface area contributed by atoms with Gasteiger partial charge in [-0.05, 0) is 51.0 Å². The van der Waals surface area contributed by atoms with Gasteiger partial charge in [-0.15, -0.1) is 0 Å². The number of aliphatic carboxylic acids is 1. The van der Waals surface area contributed by atoms with Gasteiger partial charge in [-0.25, -0.2) is 0 Å². The Hall–Kier alpha value is -0.570. The summed E-state index contributed by atoms with van der Waals surface area (Å²) in [7, 11) is 0. The van der Waals surface area contributed by atoms with Crippen LogP contribution in [0.15, 0.2) is 0 Å². The smallest absolute Gasteiger partial charge is 0.306 e. The molecule has 0 radical (unpaired) electrons. The van der Waals surface area contributed by atoms with Crippen molar-refractivity contribution in [1.82, 2.24) is 4.90 Å². The Balaban J connectivity index is 1.81. The van der Waals surface area contributed by atoms with Crippen molar-refractivity contribution in [1.29, 1.82) is 0 Å². The summed E-state index contributed by atoms with van der Waals surface area (Å²) in [5.74, 6) is 0.162. The number of carboxylic acid groups (broad SMARTS) is 1. The number of hydrogen-bond acceptors (Lipinski definition) is 2. The molecule has 2 fully saturated rings. The molecule has 1 saturated carbocycles. The SMILES string of the molecule is C[C@H]1CCCN(C2CCC(C(=O)O)CC2)C1. The standard InChI is InChI=1S/C13H23NO2/c1-10-3-2-8-14(9-10)12-6-4-11(5-7-12)13(15)16/h10-12H,2-9H2,1H3,(H,15,16)/t10-,11?,12?/m0/s1. The lowest BCUT2D eigenvalue weighted by molar-refractivity contribution is -0.143. The fourth-order valence-electron chi connectivity index (χ4n) is 3.25. The molecule has 3 heteroatoms. The minimum absolute atomic E-state index is 0.0709. The van der Waals surface area contributed by atoms with Crippen LogP contribution in [-0.4, -0.2) is 35.1 Å². The van der Waals surface area contributed by atoms with E-state index in [1.54, 1.807) is 0 Å². The fourth-order valence-corrected chi connectivity index (χ4v) is 3.25. The summed E-state index contributed by atoms with van der Waals surface area (Å²) in [4.78, 5) is 13.5. The summed E-state index contributed by atoms with van der Waals surface area (Å²) in [5.41, 5.74) is 0.